The summed E-state index contributed by atoms with van der Waals surface area (Å²) < 4.78 is 43.9. The summed E-state index contributed by atoms with van der Waals surface area (Å²) in [7, 11) is 1.22. The van der Waals surface area contributed by atoms with Gasteiger partial charge in [-0.2, -0.15) is 23.5 Å². The first kappa shape index (κ1) is 17.7. The normalized spacial score (nSPS) is 12.1. The Morgan fingerprint density at radius 3 is 2.75 bits per heavy atom. The predicted molar refractivity (Wildman–Crippen MR) is 81.7 cm³/mol. The van der Waals surface area contributed by atoms with Crippen LogP contribution in [0, 0.1) is 11.3 Å². The molecular formula is C15H12F3N3O2S. The lowest BCUT2D eigenvalue weighted by molar-refractivity contribution is -0.143. The molecule has 0 unspecified atom stereocenters. The fourth-order valence-electron chi connectivity index (χ4n) is 1.91. The molecule has 0 N–H and O–H groups in total. The number of carbonyl (C=O) groups excluding carboxylic acids is 1. The molecule has 0 aliphatic rings. The second kappa shape index (κ2) is 6.88. The third kappa shape index (κ3) is 3.83. The zero-order valence-electron chi connectivity index (χ0n) is 12.7. The van der Waals surface area contributed by atoms with Gasteiger partial charge < -0.3 is 4.74 Å². The van der Waals surface area contributed by atoms with Gasteiger partial charge in [0.15, 0.2) is 0 Å². The molecule has 5 nitrogen and oxygen atoms in total. The van der Waals surface area contributed by atoms with Crippen molar-refractivity contribution in [3.63, 3.8) is 0 Å². The van der Waals surface area contributed by atoms with Crippen molar-refractivity contribution in [2.24, 2.45) is 7.05 Å². The lowest BCUT2D eigenvalue weighted by atomic mass is 10.2. The highest BCUT2D eigenvalue weighted by Crippen LogP contribution is 2.34. The van der Waals surface area contributed by atoms with Gasteiger partial charge in [-0.3, -0.25) is 4.68 Å². The summed E-state index contributed by atoms with van der Waals surface area (Å²) in [6.07, 6.45) is -3.16. The number of aromatic nitrogens is 2. The van der Waals surface area contributed by atoms with Crippen LogP contribution in [0.3, 0.4) is 0 Å². The zero-order valence-corrected chi connectivity index (χ0v) is 13.5. The van der Waals surface area contributed by atoms with E-state index in [1.165, 1.54) is 13.1 Å². The zero-order chi connectivity index (χ0) is 17.9. The Balaban J connectivity index is 2.32. The summed E-state index contributed by atoms with van der Waals surface area (Å²) in [5, 5.41) is 12.8. The first-order valence-electron chi connectivity index (χ1n) is 6.76. The van der Waals surface area contributed by atoms with Gasteiger partial charge in [-0.25, -0.2) is 4.79 Å². The van der Waals surface area contributed by atoms with E-state index in [-0.39, 0.29) is 17.9 Å². The van der Waals surface area contributed by atoms with Gasteiger partial charge in [0.2, 0.25) is 0 Å². The quantitative estimate of drug-likeness (QED) is 0.477. The van der Waals surface area contributed by atoms with Gasteiger partial charge in [0, 0.05) is 11.9 Å². The minimum atomic E-state index is -4.49. The van der Waals surface area contributed by atoms with Crippen LogP contribution in [0.25, 0.3) is 16.6 Å². The summed E-state index contributed by atoms with van der Waals surface area (Å²) in [4.78, 5) is 12.6. The van der Waals surface area contributed by atoms with Crippen molar-refractivity contribution in [2.45, 2.75) is 13.1 Å². The minimum absolute atomic E-state index is 0.141. The molecule has 0 aliphatic heterocycles. The molecule has 126 valence electrons. The maximum atomic E-state index is 12.8. The van der Waals surface area contributed by atoms with Crippen molar-refractivity contribution in [3.05, 3.63) is 34.3 Å². The van der Waals surface area contributed by atoms with Crippen LogP contribution < -0.4 is 0 Å². The Hall–Kier alpha value is -2.60. The van der Waals surface area contributed by atoms with E-state index in [0.717, 1.165) is 22.1 Å². The smallest absolute Gasteiger partial charge is 0.433 e. The second-order valence-corrected chi connectivity index (χ2v) is 5.74. The van der Waals surface area contributed by atoms with Crippen LogP contribution in [-0.2, 0) is 22.8 Å². The van der Waals surface area contributed by atoms with E-state index in [1.54, 1.807) is 25.1 Å². The highest BCUT2D eigenvalue weighted by molar-refractivity contribution is 7.16. The Bertz CT molecular complexity index is 828. The van der Waals surface area contributed by atoms with Crippen molar-refractivity contribution in [1.82, 2.24) is 9.78 Å². The lowest BCUT2D eigenvalue weighted by Gasteiger charge is -2.04. The highest BCUT2D eigenvalue weighted by atomic mass is 32.1. The number of halogens is 3. The summed E-state index contributed by atoms with van der Waals surface area (Å²) >= 11 is 1.12. The largest absolute Gasteiger partial charge is 0.462 e. The number of hydrogen-bond acceptors (Lipinski definition) is 5. The van der Waals surface area contributed by atoms with Crippen LogP contribution in [0.5, 0.6) is 0 Å². The lowest BCUT2D eigenvalue weighted by Crippen LogP contribution is -2.11. The molecule has 9 heteroatoms. The van der Waals surface area contributed by atoms with Crippen molar-refractivity contribution in [3.8, 4) is 16.6 Å². The first-order chi connectivity index (χ1) is 11.3. The van der Waals surface area contributed by atoms with Gasteiger partial charge in [0.1, 0.15) is 23.0 Å². The van der Waals surface area contributed by atoms with Crippen molar-refractivity contribution in [2.75, 3.05) is 6.61 Å². The van der Waals surface area contributed by atoms with Crippen LogP contribution in [-0.4, -0.2) is 22.4 Å². The average Bonchev–Trinajstić information content (AvgIpc) is 3.10. The van der Waals surface area contributed by atoms with Gasteiger partial charge in [0.05, 0.1) is 11.5 Å². The number of hydrogen-bond donors (Lipinski definition) is 0. The fourth-order valence-corrected chi connectivity index (χ4v) is 2.82. The standard InChI is InChI=1S/C15H12F3N3O2S/c1-3-23-14(22)9(8-19)6-10-4-5-12(24-10)11-7-13(15(16,17)18)21(2)20-11/h4-7H,3H2,1-2H3/b9-6+. The number of aryl methyl sites for hydroxylation is 1. The van der Waals surface area contributed by atoms with Crippen LogP contribution in [0.4, 0.5) is 13.2 Å². The fraction of sp³-hybridized carbons (Fsp3) is 0.267. The molecule has 2 heterocycles. The number of ether oxygens (including phenoxy) is 1. The first-order valence-corrected chi connectivity index (χ1v) is 7.58. The summed E-state index contributed by atoms with van der Waals surface area (Å²) in [6.45, 7) is 1.76. The van der Waals surface area contributed by atoms with E-state index < -0.39 is 17.8 Å². The van der Waals surface area contributed by atoms with E-state index in [2.05, 4.69) is 5.10 Å². The molecule has 0 aliphatic carbocycles. The monoisotopic (exact) mass is 355 g/mol. The van der Waals surface area contributed by atoms with E-state index in [1.807, 2.05) is 0 Å². The maximum absolute atomic E-state index is 12.8. The number of alkyl halides is 3. The van der Waals surface area contributed by atoms with Gasteiger partial charge in [-0.15, -0.1) is 11.3 Å². The Kier molecular flexibility index (Phi) is 5.09. The topological polar surface area (TPSA) is 67.9 Å². The molecule has 0 radical (unpaired) electrons. The average molecular weight is 355 g/mol. The molecule has 0 atom stereocenters. The molecule has 2 aromatic rings. The van der Waals surface area contributed by atoms with Crippen LogP contribution in [0.2, 0.25) is 0 Å². The molecule has 0 amide bonds. The molecule has 0 saturated carbocycles. The SMILES string of the molecule is CCOC(=O)/C(C#N)=C/c1ccc(-c2cc(C(F)(F)F)n(C)n2)s1. The third-order valence-electron chi connectivity index (χ3n) is 2.95. The molecule has 2 rings (SSSR count). The van der Waals surface area contributed by atoms with Crippen molar-refractivity contribution < 1.29 is 22.7 Å². The molecule has 0 saturated heterocycles. The Morgan fingerprint density at radius 1 is 1.50 bits per heavy atom. The highest BCUT2D eigenvalue weighted by Gasteiger charge is 2.35. The summed E-state index contributed by atoms with van der Waals surface area (Å²) in [5.41, 5.74) is -0.862. The van der Waals surface area contributed by atoms with Gasteiger partial charge >= 0.3 is 12.1 Å². The van der Waals surface area contributed by atoms with Gasteiger partial charge in [-0.05, 0) is 31.2 Å². The van der Waals surface area contributed by atoms with Crippen LogP contribution in [0.15, 0.2) is 23.8 Å². The van der Waals surface area contributed by atoms with E-state index in [4.69, 9.17) is 10.00 Å². The van der Waals surface area contributed by atoms with Crippen molar-refractivity contribution in [1.29, 1.82) is 5.26 Å². The number of nitriles is 1. The molecule has 0 fully saturated rings. The van der Waals surface area contributed by atoms with Crippen molar-refractivity contribution >= 4 is 23.4 Å². The molecule has 2 aromatic heterocycles. The summed E-state index contributed by atoms with van der Waals surface area (Å²) in [6, 6.07) is 5.87. The minimum Gasteiger partial charge on any atom is -0.462 e. The third-order valence-corrected chi connectivity index (χ3v) is 4.01. The Labute approximate surface area is 139 Å². The molecule has 0 aromatic carbocycles. The molecular weight excluding hydrogens is 343 g/mol. The van der Waals surface area contributed by atoms with E-state index >= 15 is 0 Å². The molecule has 0 bridgehead atoms. The number of esters is 1. The van der Waals surface area contributed by atoms with E-state index in [0.29, 0.717) is 9.75 Å². The molecule has 24 heavy (non-hydrogen) atoms. The summed E-state index contributed by atoms with van der Waals surface area (Å²) in [5.74, 6) is -0.743. The maximum Gasteiger partial charge on any atom is 0.433 e. The predicted octanol–water partition coefficient (Wildman–Crippen LogP) is 3.64. The number of rotatable bonds is 4. The Morgan fingerprint density at radius 2 is 2.21 bits per heavy atom. The number of nitrogens with zero attached hydrogens (tertiary/aromatic N) is 3. The number of thiophene rings is 1. The van der Waals surface area contributed by atoms with Gasteiger partial charge in [-0.1, -0.05) is 0 Å². The van der Waals surface area contributed by atoms with Gasteiger partial charge in [0.25, 0.3) is 0 Å². The molecule has 0 spiro atoms. The second-order valence-electron chi connectivity index (χ2n) is 4.63. The number of carbonyl (C=O) groups is 1. The van der Waals surface area contributed by atoms with Crippen LogP contribution >= 0.6 is 11.3 Å². The van der Waals surface area contributed by atoms with E-state index in [9.17, 15) is 18.0 Å². The van der Waals surface area contributed by atoms with Crippen LogP contribution in [0.1, 0.15) is 17.5 Å².